The first-order valence-electron chi connectivity index (χ1n) is 5.46. The fourth-order valence-corrected chi connectivity index (χ4v) is 2.92. The number of benzene rings is 1. The second-order valence-electron chi connectivity index (χ2n) is 4.36. The Morgan fingerprint density at radius 2 is 2.00 bits per heavy atom. The van der Waals surface area contributed by atoms with Gasteiger partial charge in [-0.2, -0.15) is 0 Å². The van der Waals surface area contributed by atoms with E-state index in [1.165, 1.54) is 11.8 Å². The first-order valence-corrected chi connectivity index (χ1v) is 6.51. The van der Waals surface area contributed by atoms with Gasteiger partial charge < -0.3 is 5.11 Å². The normalized spacial score (nSPS) is 19.6. The molecule has 1 aliphatic heterocycles. The lowest BCUT2D eigenvalue weighted by atomic mass is 9.95. The predicted octanol–water partition coefficient (Wildman–Crippen LogP) is 2.23. The topological polar surface area (TPSA) is 54.4 Å². The van der Waals surface area contributed by atoms with E-state index in [-0.39, 0.29) is 11.5 Å². The van der Waals surface area contributed by atoms with Crippen molar-refractivity contribution in [1.82, 2.24) is 0 Å². The molecule has 4 heteroatoms. The number of hydrogen-bond acceptors (Lipinski definition) is 3. The number of aryl methyl sites for hydroxylation is 2. The molecule has 17 heavy (non-hydrogen) atoms. The Morgan fingerprint density at radius 1 is 1.35 bits per heavy atom. The van der Waals surface area contributed by atoms with Crippen LogP contribution in [0.15, 0.2) is 12.1 Å². The first kappa shape index (κ1) is 12.2. The molecule has 1 N–H and O–H groups in total. The van der Waals surface area contributed by atoms with Gasteiger partial charge in [-0.15, -0.1) is 11.8 Å². The van der Waals surface area contributed by atoms with Crippen LogP contribution in [0.4, 0.5) is 0 Å². The lowest BCUT2D eigenvalue weighted by Gasteiger charge is -2.10. The van der Waals surface area contributed by atoms with Crippen LogP contribution >= 0.6 is 11.8 Å². The molecule has 0 spiro atoms. The molecule has 0 saturated heterocycles. The summed E-state index contributed by atoms with van der Waals surface area (Å²) in [5, 5.41) is 8.56. The van der Waals surface area contributed by atoms with E-state index in [0.717, 1.165) is 16.7 Å². The van der Waals surface area contributed by atoms with Crippen molar-refractivity contribution in [2.45, 2.75) is 25.5 Å². The summed E-state index contributed by atoms with van der Waals surface area (Å²) in [5.41, 5.74) is 3.75. The van der Waals surface area contributed by atoms with Crippen LogP contribution in [-0.2, 0) is 11.2 Å². The smallest absolute Gasteiger partial charge is 0.316 e. The molecule has 0 aliphatic carbocycles. The third-order valence-corrected chi connectivity index (χ3v) is 4.32. The van der Waals surface area contributed by atoms with Gasteiger partial charge in [0.25, 0.3) is 0 Å². The summed E-state index contributed by atoms with van der Waals surface area (Å²) in [6.45, 7) is 3.95. The van der Waals surface area contributed by atoms with Gasteiger partial charge >= 0.3 is 5.97 Å². The predicted molar refractivity (Wildman–Crippen MR) is 67.8 cm³/mol. The molecule has 0 amide bonds. The Morgan fingerprint density at radius 3 is 2.65 bits per heavy atom. The van der Waals surface area contributed by atoms with Crippen molar-refractivity contribution in [2.24, 2.45) is 0 Å². The Bertz CT molecular complexity index is 494. The zero-order valence-electron chi connectivity index (χ0n) is 9.82. The fraction of sp³-hybridized carbons (Fsp3) is 0.385. The summed E-state index contributed by atoms with van der Waals surface area (Å²) >= 11 is 1.22. The zero-order chi connectivity index (χ0) is 12.6. The van der Waals surface area contributed by atoms with Gasteiger partial charge in [-0.25, -0.2) is 0 Å². The number of hydrogen-bond donors (Lipinski definition) is 1. The van der Waals surface area contributed by atoms with E-state index in [4.69, 9.17) is 5.11 Å². The van der Waals surface area contributed by atoms with Crippen molar-refractivity contribution >= 4 is 23.5 Å². The van der Waals surface area contributed by atoms with Crippen LogP contribution in [0.2, 0.25) is 0 Å². The molecule has 0 unspecified atom stereocenters. The standard InChI is InChI=1S/C13H14O3S/c1-7-3-9-5-12(13(15)16)17-6-11(14)10(9)4-8(7)2/h3-4,12H,5-6H2,1-2H3,(H,15,16)/t12-/m0/s1. The van der Waals surface area contributed by atoms with E-state index in [0.29, 0.717) is 12.0 Å². The van der Waals surface area contributed by atoms with Gasteiger partial charge in [-0.1, -0.05) is 6.07 Å². The highest BCUT2D eigenvalue weighted by atomic mass is 32.2. The fourth-order valence-electron chi connectivity index (χ4n) is 1.98. The largest absolute Gasteiger partial charge is 0.480 e. The van der Waals surface area contributed by atoms with E-state index in [2.05, 4.69) is 0 Å². The van der Waals surface area contributed by atoms with Gasteiger partial charge in [0, 0.05) is 5.56 Å². The maximum atomic E-state index is 11.9. The summed E-state index contributed by atoms with van der Waals surface area (Å²) in [4.78, 5) is 23.0. The molecule has 0 fully saturated rings. The number of carbonyl (C=O) groups is 2. The Balaban J connectivity index is 2.47. The number of fused-ring (bicyclic) bond motifs is 1. The molecule has 1 aliphatic rings. The van der Waals surface area contributed by atoms with Crippen LogP contribution in [0.25, 0.3) is 0 Å². The first-order chi connectivity index (χ1) is 7.99. The van der Waals surface area contributed by atoms with Gasteiger partial charge in [0.05, 0.1) is 5.75 Å². The number of carboxylic acids is 1. The summed E-state index contributed by atoms with van der Waals surface area (Å²) in [7, 11) is 0. The molecule has 0 saturated carbocycles. The van der Waals surface area contributed by atoms with Gasteiger partial charge in [-0.3, -0.25) is 9.59 Å². The minimum atomic E-state index is -0.839. The summed E-state index contributed by atoms with van der Waals surface area (Å²) in [6, 6.07) is 3.84. The van der Waals surface area contributed by atoms with Crippen molar-refractivity contribution in [3.8, 4) is 0 Å². The van der Waals surface area contributed by atoms with Crippen molar-refractivity contribution < 1.29 is 14.7 Å². The highest BCUT2D eigenvalue weighted by molar-refractivity contribution is 8.01. The van der Waals surface area contributed by atoms with E-state index in [9.17, 15) is 9.59 Å². The Kier molecular flexibility index (Phi) is 3.24. The molecular weight excluding hydrogens is 236 g/mol. The lowest BCUT2D eigenvalue weighted by molar-refractivity contribution is -0.136. The average molecular weight is 250 g/mol. The van der Waals surface area contributed by atoms with Gasteiger partial charge in [0.15, 0.2) is 5.78 Å². The van der Waals surface area contributed by atoms with E-state index < -0.39 is 11.2 Å². The maximum absolute atomic E-state index is 11.9. The molecule has 0 bridgehead atoms. The van der Waals surface area contributed by atoms with E-state index in [1.54, 1.807) is 0 Å². The van der Waals surface area contributed by atoms with E-state index in [1.807, 2.05) is 26.0 Å². The third kappa shape index (κ3) is 2.36. The average Bonchev–Trinajstić information content (AvgIpc) is 2.41. The summed E-state index contributed by atoms with van der Waals surface area (Å²) in [6.07, 6.45) is 0.433. The number of carboxylic acid groups (broad SMARTS) is 1. The molecular formula is C13H14O3S. The molecule has 1 aromatic rings. The van der Waals surface area contributed by atoms with Crippen molar-refractivity contribution in [3.63, 3.8) is 0 Å². The number of ketones is 1. The SMILES string of the molecule is Cc1cc2c(cc1C)C(=O)CS[C@H](C(=O)O)C2. The monoisotopic (exact) mass is 250 g/mol. The number of aliphatic carboxylic acids is 1. The molecule has 1 heterocycles. The molecule has 3 nitrogen and oxygen atoms in total. The highest BCUT2D eigenvalue weighted by Crippen LogP contribution is 2.27. The van der Waals surface area contributed by atoms with Gasteiger partial charge in [0.2, 0.25) is 0 Å². The minimum Gasteiger partial charge on any atom is -0.480 e. The second-order valence-corrected chi connectivity index (χ2v) is 5.55. The van der Waals surface area contributed by atoms with Gasteiger partial charge in [0.1, 0.15) is 5.25 Å². The lowest BCUT2D eigenvalue weighted by Crippen LogP contribution is -2.18. The van der Waals surface area contributed by atoms with Crippen LogP contribution in [0, 0.1) is 13.8 Å². The van der Waals surface area contributed by atoms with Crippen molar-refractivity contribution in [1.29, 1.82) is 0 Å². The van der Waals surface area contributed by atoms with Crippen LogP contribution in [0.5, 0.6) is 0 Å². The van der Waals surface area contributed by atoms with Crippen molar-refractivity contribution in [2.75, 3.05) is 5.75 Å². The van der Waals surface area contributed by atoms with E-state index >= 15 is 0 Å². The van der Waals surface area contributed by atoms with Crippen LogP contribution in [0.1, 0.15) is 27.0 Å². The number of carbonyl (C=O) groups excluding carboxylic acids is 1. The number of rotatable bonds is 1. The second kappa shape index (κ2) is 4.53. The summed E-state index contributed by atoms with van der Waals surface area (Å²) < 4.78 is 0. The molecule has 90 valence electrons. The molecule has 2 rings (SSSR count). The van der Waals surface area contributed by atoms with Crippen LogP contribution in [0.3, 0.4) is 0 Å². The molecule has 0 aromatic heterocycles. The summed E-state index contributed by atoms with van der Waals surface area (Å²) in [5.74, 6) is -0.544. The maximum Gasteiger partial charge on any atom is 0.316 e. The third-order valence-electron chi connectivity index (χ3n) is 3.12. The molecule has 1 aromatic carbocycles. The minimum absolute atomic E-state index is 0.0388. The molecule has 0 radical (unpaired) electrons. The van der Waals surface area contributed by atoms with Gasteiger partial charge in [-0.05, 0) is 43.0 Å². The van der Waals surface area contributed by atoms with Crippen LogP contribution in [-0.4, -0.2) is 27.9 Å². The quantitative estimate of drug-likeness (QED) is 0.830. The number of thioether (sulfide) groups is 1. The zero-order valence-corrected chi connectivity index (χ0v) is 10.6. The Labute approximate surface area is 104 Å². The highest BCUT2D eigenvalue weighted by Gasteiger charge is 2.27. The number of Topliss-reactive ketones (excluding diaryl/α,β-unsaturated/α-hetero) is 1. The van der Waals surface area contributed by atoms with Crippen molar-refractivity contribution in [3.05, 3.63) is 34.4 Å². The molecule has 1 atom stereocenters. The van der Waals surface area contributed by atoms with Crippen LogP contribution < -0.4 is 0 Å². The Hall–Kier alpha value is -1.29.